The van der Waals surface area contributed by atoms with Gasteiger partial charge in [-0.25, -0.2) is 0 Å². The van der Waals surface area contributed by atoms with Gasteiger partial charge >= 0.3 is 0 Å². The molecule has 2 nitrogen and oxygen atoms in total. The largest absolute Gasteiger partial charge is 0.310 e. The molecule has 1 heterocycles. The van der Waals surface area contributed by atoms with Crippen LogP contribution >= 0.6 is 11.3 Å². The monoisotopic (exact) mass is 742 g/mol. The smallest absolute Gasteiger partial charge is 0.0776 e. The van der Waals surface area contributed by atoms with Gasteiger partial charge in [0.2, 0.25) is 0 Å². The first-order valence-electron chi connectivity index (χ1n) is 26.7. The molecular formula is C48H58N2SSi. The number of thiophene rings is 1. The maximum atomic E-state index is 9.75. The fourth-order valence-corrected chi connectivity index (χ4v) is 7.00. The zero-order chi connectivity index (χ0) is 54.2. The number of anilines is 6. The lowest BCUT2D eigenvalue weighted by Gasteiger charge is -2.31. The van der Waals surface area contributed by atoms with Crippen LogP contribution in [0.3, 0.4) is 0 Å². The molecule has 270 valence electrons. The molecule has 6 aromatic rings. The van der Waals surface area contributed by atoms with Crippen LogP contribution in [0.25, 0.3) is 10.1 Å². The Morgan fingerprint density at radius 1 is 0.558 bits per heavy atom. The molecule has 0 aliphatic rings. The third-order valence-electron chi connectivity index (χ3n) is 8.41. The summed E-state index contributed by atoms with van der Waals surface area (Å²) in [5, 5.41) is -0.340. The molecule has 4 heteroatoms. The first-order chi connectivity index (χ1) is 32.1. The molecular weight excluding hydrogens is 665 g/mol. The van der Waals surface area contributed by atoms with E-state index in [0.717, 1.165) is 33.3 Å². The van der Waals surface area contributed by atoms with Crippen molar-refractivity contribution in [2.45, 2.75) is 105 Å². The molecule has 0 aliphatic heterocycles. The molecule has 52 heavy (non-hydrogen) atoms. The number of fused-ring (bicyclic) bond motifs is 1. The Morgan fingerprint density at radius 3 is 1.60 bits per heavy atom. The minimum atomic E-state index is -3.05. The highest BCUT2D eigenvalue weighted by Crippen LogP contribution is 2.46. The van der Waals surface area contributed by atoms with Crippen LogP contribution in [0.15, 0.2) is 114 Å². The molecule has 0 bridgehead atoms. The van der Waals surface area contributed by atoms with E-state index in [1.54, 1.807) is 62.3 Å². The predicted octanol–water partition coefficient (Wildman–Crippen LogP) is 14.6. The summed E-state index contributed by atoms with van der Waals surface area (Å²) in [6.45, 7) is 17.9. The summed E-state index contributed by atoms with van der Waals surface area (Å²) in [5.74, 6) is 0. The summed E-state index contributed by atoms with van der Waals surface area (Å²) in [4.78, 5) is 2.11. The van der Waals surface area contributed by atoms with Crippen LogP contribution < -0.4 is 15.0 Å². The van der Waals surface area contributed by atoms with E-state index < -0.39 is 126 Å². The Morgan fingerprint density at radius 2 is 1.08 bits per heavy atom. The highest BCUT2D eigenvalue weighted by atomic mass is 32.1. The van der Waals surface area contributed by atoms with Crippen molar-refractivity contribution in [3.05, 3.63) is 136 Å². The molecule has 0 spiro atoms. The van der Waals surface area contributed by atoms with Crippen LogP contribution in [-0.2, 0) is 16.2 Å². The summed E-state index contributed by atoms with van der Waals surface area (Å²) >= 11 is 0.717. The van der Waals surface area contributed by atoms with Crippen molar-refractivity contribution in [1.29, 1.82) is 0 Å². The first-order valence-corrected chi connectivity index (χ1v) is 21.5. The molecule has 1 aromatic heterocycles. The van der Waals surface area contributed by atoms with Gasteiger partial charge in [-0.2, -0.15) is 0 Å². The van der Waals surface area contributed by atoms with Gasteiger partial charge in [0.25, 0.3) is 0 Å². The van der Waals surface area contributed by atoms with Crippen molar-refractivity contribution in [3.63, 3.8) is 0 Å². The molecule has 0 radical (unpaired) electrons. The second-order valence-corrected chi connectivity index (χ2v) is 22.9. The lowest BCUT2D eigenvalue weighted by Crippen LogP contribution is -2.37. The number of nitrogens with zero attached hydrogens (tertiary/aromatic N) is 2. The zero-order valence-corrected chi connectivity index (χ0v) is 33.9. The topological polar surface area (TPSA) is 6.48 Å². The van der Waals surface area contributed by atoms with Gasteiger partial charge in [0, 0.05) is 48.0 Å². The van der Waals surface area contributed by atoms with Crippen molar-refractivity contribution in [2.24, 2.45) is 0 Å². The lowest BCUT2D eigenvalue weighted by molar-refractivity contribution is 0.590. The van der Waals surface area contributed by atoms with E-state index in [-0.39, 0.29) is 72.5 Å². The van der Waals surface area contributed by atoms with Crippen LogP contribution in [0, 0.1) is 6.85 Å². The summed E-state index contributed by atoms with van der Waals surface area (Å²) in [7, 11) is -2.81. The van der Waals surface area contributed by atoms with E-state index in [1.165, 1.54) is 6.07 Å². The SMILES string of the molecule is [2H]c1sc2c([2H])c([2H])c(C(C)(C)C)c([2H])c2c1N(c1cc(N(c2c([2H])c([2H])c(C(C)(C)C)c([2H])c2[2H])c2c([2H])c([2H])c([2H])c([Si](C)(C)C)c2[2H])cc(C([2H])([2H])[2H])c1)c1c([2H])c([2H])c(C(C)(C)C)c([2H])c1[2H]. The minimum absolute atomic E-state index is 0.00556. The molecule has 0 unspecified atom stereocenters. The maximum Gasteiger partial charge on any atom is 0.0776 e. The highest BCUT2D eigenvalue weighted by molar-refractivity contribution is 7.17. The van der Waals surface area contributed by atoms with E-state index in [9.17, 15) is 16.4 Å². The van der Waals surface area contributed by atoms with Crippen molar-refractivity contribution in [1.82, 2.24) is 0 Å². The average molecular weight is 742 g/mol. The summed E-state index contributed by atoms with van der Waals surface area (Å²) in [6, 6.07) is -4.01. The maximum absolute atomic E-state index is 9.75. The molecule has 6 rings (SSSR count). The molecule has 0 fully saturated rings. The molecule has 0 N–H and O–H groups in total. The van der Waals surface area contributed by atoms with Crippen LogP contribution in [-0.4, -0.2) is 8.07 Å². The molecule has 0 amide bonds. The Hall–Kier alpha value is -4.12. The van der Waals surface area contributed by atoms with E-state index in [4.69, 9.17) is 9.60 Å². The Bertz CT molecular complexity index is 3150. The predicted molar refractivity (Wildman–Crippen MR) is 235 cm³/mol. The second-order valence-electron chi connectivity index (χ2n) is 17.1. The molecule has 0 aliphatic carbocycles. The number of aryl methyl sites for hydroxylation is 1. The van der Waals surface area contributed by atoms with Crippen molar-refractivity contribution in [3.8, 4) is 0 Å². The molecule has 0 saturated carbocycles. The number of hydrogen-bond acceptors (Lipinski definition) is 3. The first kappa shape index (κ1) is 20.4. The van der Waals surface area contributed by atoms with Crippen molar-refractivity contribution >= 4 is 68.8 Å². The Balaban J connectivity index is 1.97. The summed E-state index contributed by atoms with van der Waals surface area (Å²) in [5.41, 5.74) is -5.47. The standard InChI is InChI=1S/C48H58N2SSi/c1-33-27-40(49(37-22-17-34(18-23-37)46(2,3)4)39-15-14-16-42(31-39)52(11,12)13)30-41(28-33)50(38-24-19-35(20-25-38)47(5,6)7)44-32-51-45-26-21-36(29-43(44)45)48(8,9)10/h14-32H,1-13H3/i1D3,14D,15D,16D,17D,18D,19D,20D,21D,22D,23D,24D,25D,26D,29D,31D,32D. The number of benzene rings is 5. The second kappa shape index (κ2) is 13.7. The summed E-state index contributed by atoms with van der Waals surface area (Å²) < 4.78 is 177. The van der Waals surface area contributed by atoms with Gasteiger partial charge in [0.05, 0.1) is 35.7 Å². The van der Waals surface area contributed by atoms with Gasteiger partial charge < -0.3 is 9.80 Å². The third kappa shape index (κ3) is 7.94. The van der Waals surface area contributed by atoms with Crippen molar-refractivity contribution in [2.75, 3.05) is 9.80 Å². The third-order valence-corrected chi connectivity index (χ3v) is 11.0. The van der Waals surface area contributed by atoms with Gasteiger partial charge in [-0.3, -0.25) is 0 Å². The Labute approximate surface area is 345 Å². The lowest BCUT2D eigenvalue weighted by atomic mass is 9.86. The van der Waals surface area contributed by atoms with Crippen LogP contribution in [0.2, 0.25) is 19.6 Å². The van der Waals surface area contributed by atoms with Gasteiger partial charge in [-0.05, 0) is 112 Å². The van der Waals surface area contributed by atoms with Gasteiger partial charge in [0.15, 0.2) is 0 Å². The highest BCUT2D eigenvalue weighted by Gasteiger charge is 2.25. The normalized spacial score (nSPS) is 18.1. The number of rotatable bonds is 7. The van der Waals surface area contributed by atoms with E-state index >= 15 is 0 Å². The zero-order valence-electron chi connectivity index (χ0n) is 51.0. The Kier molecular flexibility index (Phi) is 5.36. The van der Waals surface area contributed by atoms with E-state index in [1.807, 2.05) is 19.6 Å². The summed E-state index contributed by atoms with van der Waals surface area (Å²) in [6.07, 6.45) is 0. The van der Waals surface area contributed by atoms with Crippen LogP contribution in [0.1, 0.15) is 111 Å². The van der Waals surface area contributed by atoms with Gasteiger partial charge in [-0.1, -0.05) is 129 Å². The van der Waals surface area contributed by atoms with Gasteiger partial charge in [-0.15, -0.1) is 11.3 Å². The fraction of sp³-hybridized carbons (Fsp3) is 0.333. The molecule has 0 atom stereocenters. The average Bonchev–Trinajstić information content (AvgIpc) is 3.55. The van der Waals surface area contributed by atoms with Crippen LogP contribution in [0.4, 0.5) is 34.1 Å². The fourth-order valence-electron chi connectivity index (χ4n) is 5.32. The van der Waals surface area contributed by atoms with Crippen molar-refractivity contribution < 1.29 is 26.0 Å². The van der Waals surface area contributed by atoms with E-state index in [0.29, 0.717) is 0 Å². The van der Waals surface area contributed by atoms with Gasteiger partial charge in [0.1, 0.15) is 0 Å². The quantitative estimate of drug-likeness (QED) is 0.150. The minimum Gasteiger partial charge on any atom is -0.310 e. The molecule has 0 saturated heterocycles. The number of hydrogen-bond donors (Lipinski definition) is 0. The van der Waals surface area contributed by atoms with Crippen LogP contribution in [0.5, 0.6) is 0 Å². The van der Waals surface area contributed by atoms with E-state index in [2.05, 4.69) is 0 Å². The molecule has 5 aromatic carbocycles.